The summed E-state index contributed by atoms with van der Waals surface area (Å²) in [4.78, 5) is 0. The number of rotatable bonds is 4. The first-order valence-corrected chi connectivity index (χ1v) is 8.40. The highest BCUT2D eigenvalue weighted by Gasteiger charge is 2.07. The Morgan fingerprint density at radius 2 is 1.74 bits per heavy atom. The van der Waals surface area contributed by atoms with Crippen molar-refractivity contribution >= 4 is 9.84 Å². The van der Waals surface area contributed by atoms with Crippen LogP contribution in [0.4, 0.5) is 0 Å². The molecule has 0 radical (unpaired) electrons. The van der Waals surface area contributed by atoms with Gasteiger partial charge >= 0.3 is 0 Å². The Morgan fingerprint density at radius 3 is 2.42 bits per heavy atom. The minimum atomic E-state index is -2.99. The summed E-state index contributed by atoms with van der Waals surface area (Å²) in [7, 11) is -2.99. The van der Waals surface area contributed by atoms with E-state index in [-0.39, 0.29) is 5.75 Å². The maximum absolute atomic E-state index is 11.4. The first-order chi connectivity index (χ1) is 8.99. The van der Waals surface area contributed by atoms with Gasteiger partial charge in [0.15, 0.2) is 9.84 Å². The molecule has 0 aliphatic carbocycles. The van der Waals surface area contributed by atoms with Crippen LogP contribution in [0.25, 0.3) is 11.1 Å². The van der Waals surface area contributed by atoms with Gasteiger partial charge in [-0.3, -0.25) is 0 Å². The number of sulfone groups is 1. The molecule has 0 atom stereocenters. The molecule has 0 aromatic heterocycles. The monoisotopic (exact) mass is 274 g/mol. The summed E-state index contributed by atoms with van der Waals surface area (Å²) in [6.45, 7) is 2.12. The van der Waals surface area contributed by atoms with Gasteiger partial charge in [-0.1, -0.05) is 55.5 Å². The van der Waals surface area contributed by atoms with E-state index in [1.54, 1.807) is 0 Å². The van der Waals surface area contributed by atoms with Gasteiger partial charge in [0.1, 0.15) is 0 Å². The van der Waals surface area contributed by atoms with Crippen LogP contribution in [0.15, 0.2) is 48.5 Å². The zero-order chi connectivity index (χ0) is 13.9. The Balaban J connectivity index is 2.43. The van der Waals surface area contributed by atoms with E-state index in [1.807, 2.05) is 36.4 Å². The summed E-state index contributed by atoms with van der Waals surface area (Å²) in [5, 5.41) is 0. The summed E-state index contributed by atoms with van der Waals surface area (Å²) >= 11 is 0. The fourth-order valence-corrected chi connectivity index (χ4v) is 3.03. The van der Waals surface area contributed by atoms with Crippen LogP contribution in [0.1, 0.15) is 18.1 Å². The molecule has 0 saturated heterocycles. The predicted octanol–water partition coefficient (Wildman–Crippen LogP) is 3.46. The van der Waals surface area contributed by atoms with E-state index in [1.165, 1.54) is 17.4 Å². The summed E-state index contributed by atoms with van der Waals surface area (Å²) in [6, 6.07) is 16.0. The fourth-order valence-electron chi connectivity index (χ4n) is 2.24. The van der Waals surface area contributed by atoms with Gasteiger partial charge in [0, 0.05) is 6.26 Å². The summed E-state index contributed by atoms with van der Waals surface area (Å²) in [5.41, 5.74) is 4.38. The topological polar surface area (TPSA) is 34.1 Å². The third-order valence-electron chi connectivity index (χ3n) is 3.07. The largest absolute Gasteiger partial charge is 0.229 e. The first-order valence-electron chi connectivity index (χ1n) is 6.34. The van der Waals surface area contributed by atoms with Crippen molar-refractivity contribution in [3.8, 4) is 11.1 Å². The number of hydrogen-bond acceptors (Lipinski definition) is 2. The van der Waals surface area contributed by atoms with Crippen LogP contribution in [0.3, 0.4) is 0 Å². The van der Waals surface area contributed by atoms with Crippen LogP contribution in [0.5, 0.6) is 0 Å². The smallest absolute Gasteiger partial charge is 0.151 e. The average molecular weight is 274 g/mol. The van der Waals surface area contributed by atoms with E-state index in [2.05, 4.69) is 19.1 Å². The van der Waals surface area contributed by atoms with Crippen LogP contribution >= 0.6 is 0 Å². The quantitative estimate of drug-likeness (QED) is 0.855. The highest BCUT2D eigenvalue weighted by atomic mass is 32.2. The second kappa shape index (κ2) is 5.57. The lowest BCUT2D eigenvalue weighted by molar-refractivity contribution is 0.601. The van der Waals surface area contributed by atoms with Crippen molar-refractivity contribution in [2.24, 2.45) is 0 Å². The molecule has 2 aromatic carbocycles. The van der Waals surface area contributed by atoms with Crippen molar-refractivity contribution in [1.82, 2.24) is 0 Å². The van der Waals surface area contributed by atoms with E-state index in [4.69, 9.17) is 0 Å². The van der Waals surface area contributed by atoms with Crippen molar-refractivity contribution in [2.75, 3.05) is 6.26 Å². The van der Waals surface area contributed by atoms with E-state index in [0.717, 1.165) is 17.5 Å². The van der Waals surface area contributed by atoms with Gasteiger partial charge in [0.05, 0.1) is 5.75 Å². The zero-order valence-corrected chi connectivity index (χ0v) is 12.1. The maximum Gasteiger partial charge on any atom is 0.151 e. The van der Waals surface area contributed by atoms with Gasteiger partial charge < -0.3 is 0 Å². The SMILES string of the molecule is CCc1ccccc1-c1cccc(CS(C)(=O)=O)c1. The lowest BCUT2D eigenvalue weighted by Gasteiger charge is -2.09. The van der Waals surface area contributed by atoms with E-state index in [0.29, 0.717) is 0 Å². The second-order valence-electron chi connectivity index (χ2n) is 4.78. The summed E-state index contributed by atoms with van der Waals surface area (Å²) < 4.78 is 22.7. The number of hydrogen-bond donors (Lipinski definition) is 0. The second-order valence-corrected chi connectivity index (χ2v) is 6.92. The fraction of sp³-hybridized carbons (Fsp3) is 0.250. The number of benzene rings is 2. The molecular weight excluding hydrogens is 256 g/mol. The maximum atomic E-state index is 11.4. The summed E-state index contributed by atoms with van der Waals surface area (Å²) in [6.07, 6.45) is 2.23. The molecule has 2 aromatic rings. The van der Waals surface area contributed by atoms with Crippen LogP contribution in [-0.4, -0.2) is 14.7 Å². The third-order valence-corrected chi connectivity index (χ3v) is 3.92. The average Bonchev–Trinajstić information content (AvgIpc) is 2.37. The van der Waals surface area contributed by atoms with Gasteiger partial charge in [0.25, 0.3) is 0 Å². The van der Waals surface area contributed by atoms with Crippen molar-refractivity contribution in [3.63, 3.8) is 0 Å². The molecule has 0 N–H and O–H groups in total. The molecule has 0 unspecified atom stereocenters. The Labute approximate surface area is 115 Å². The molecule has 0 amide bonds. The van der Waals surface area contributed by atoms with Crippen LogP contribution in [0, 0.1) is 0 Å². The molecule has 0 bridgehead atoms. The number of aryl methyl sites for hydroxylation is 1. The molecule has 3 heteroatoms. The minimum absolute atomic E-state index is 0.0924. The Hall–Kier alpha value is -1.61. The first kappa shape index (κ1) is 13.8. The molecule has 0 fully saturated rings. The molecule has 100 valence electrons. The zero-order valence-electron chi connectivity index (χ0n) is 11.3. The highest BCUT2D eigenvalue weighted by molar-refractivity contribution is 7.89. The van der Waals surface area contributed by atoms with Gasteiger partial charge in [-0.15, -0.1) is 0 Å². The van der Waals surface area contributed by atoms with Crippen LogP contribution in [-0.2, 0) is 22.0 Å². The molecule has 2 nitrogen and oxygen atoms in total. The van der Waals surface area contributed by atoms with Crippen molar-refractivity contribution in [1.29, 1.82) is 0 Å². The van der Waals surface area contributed by atoms with E-state index < -0.39 is 9.84 Å². The van der Waals surface area contributed by atoms with Crippen molar-refractivity contribution in [3.05, 3.63) is 59.7 Å². The lowest BCUT2D eigenvalue weighted by Crippen LogP contribution is -2.00. The van der Waals surface area contributed by atoms with Crippen LogP contribution in [0.2, 0.25) is 0 Å². The summed E-state index contributed by atoms with van der Waals surface area (Å²) in [5.74, 6) is 0.0924. The van der Waals surface area contributed by atoms with E-state index >= 15 is 0 Å². The van der Waals surface area contributed by atoms with Crippen LogP contribution < -0.4 is 0 Å². The van der Waals surface area contributed by atoms with Crippen molar-refractivity contribution < 1.29 is 8.42 Å². The van der Waals surface area contributed by atoms with Gasteiger partial charge in [-0.05, 0) is 28.7 Å². The van der Waals surface area contributed by atoms with Gasteiger partial charge in [0.2, 0.25) is 0 Å². The Bertz CT molecular complexity index is 673. The molecule has 0 aliphatic heterocycles. The molecule has 0 heterocycles. The molecule has 19 heavy (non-hydrogen) atoms. The van der Waals surface area contributed by atoms with E-state index in [9.17, 15) is 8.42 Å². The van der Waals surface area contributed by atoms with Crippen molar-refractivity contribution in [2.45, 2.75) is 19.1 Å². The molecular formula is C16H18O2S. The minimum Gasteiger partial charge on any atom is -0.229 e. The third kappa shape index (κ3) is 3.67. The Morgan fingerprint density at radius 1 is 1.00 bits per heavy atom. The standard InChI is InChI=1S/C16H18O2S/c1-3-14-8-4-5-10-16(14)15-9-6-7-13(11-15)12-19(2,17)18/h4-11H,3,12H2,1-2H3. The highest BCUT2D eigenvalue weighted by Crippen LogP contribution is 2.25. The molecule has 0 spiro atoms. The Kier molecular flexibility index (Phi) is 4.05. The predicted molar refractivity (Wildman–Crippen MR) is 79.8 cm³/mol. The molecule has 0 saturated carbocycles. The lowest BCUT2D eigenvalue weighted by atomic mass is 9.97. The molecule has 2 rings (SSSR count). The normalized spacial score (nSPS) is 11.5. The van der Waals surface area contributed by atoms with Gasteiger partial charge in [-0.2, -0.15) is 0 Å². The molecule has 0 aliphatic rings. The van der Waals surface area contributed by atoms with Gasteiger partial charge in [-0.25, -0.2) is 8.42 Å².